The van der Waals surface area contributed by atoms with Gasteiger partial charge >= 0.3 is 5.97 Å². The number of hydrogen-bond acceptors (Lipinski definition) is 6. The van der Waals surface area contributed by atoms with Gasteiger partial charge < -0.3 is 28.8 Å². The second-order valence-corrected chi connectivity index (χ2v) is 12.9. The number of fused-ring (bicyclic) bond motifs is 3. The second kappa shape index (κ2) is 8.36. The molecule has 7 nitrogen and oxygen atoms in total. The number of rotatable bonds is 9. The molecular formula is C29H42O7. The van der Waals surface area contributed by atoms with E-state index in [4.69, 9.17) is 18.9 Å². The maximum absolute atomic E-state index is 13.5. The molecule has 4 bridgehead atoms. The number of carboxylic acids is 1. The number of carboxylic acid groups (broad SMARTS) is 1. The molecule has 0 radical (unpaired) electrons. The molecule has 1 N–H and O–H groups in total. The third kappa shape index (κ3) is 2.89. The Kier molecular flexibility index (Phi) is 5.81. The summed E-state index contributed by atoms with van der Waals surface area (Å²) >= 11 is 0. The van der Waals surface area contributed by atoms with Gasteiger partial charge in [-0.1, -0.05) is 45.8 Å². The Bertz CT molecular complexity index is 959. The highest BCUT2D eigenvalue weighted by atomic mass is 16.7. The van der Waals surface area contributed by atoms with Gasteiger partial charge in [0.25, 0.3) is 0 Å². The molecule has 7 heteroatoms. The van der Waals surface area contributed by atoms with Crippen molar-refractivity contribution in [1.82, 2.24) is 0 Å². The van der Waals surface area contributed by atoms with Crippen molar-refractivity contribution >= 4 is 12.3 Å². The van der Waals surface area contributed by atoms with E-state index in [1.54, 1.807) is 0 Å². The normalized spacial score (nSPS) is 52.2. The first-order chi connectivity index (χ1) is 17.2. The lowest BCUT2D eigenvalue weighted by molar-refractivity contribution is -0.239. The molecular weight excluding hydrogens is 460 g/mol. The fraction of sp³-hybridized carbons (Fsp3) is 0.862. The smallest absolute Gasteiger partial charge is 0.315 e. The summed E-state index contributed by atoms with van der Waals surface area (Å²) in [6, 6.07) is 0. The molecule has 0 aromatic carbocycles. The zero-order chi connectivity index (χ0) is 25.6. The van der Waals surface area contributed by atoms with Crippen molar-refractivity contribution in [3.63, 3.8) is 0 Å². The average molecular weight is 503 g/mol. The Morgan fingerprint density at radius 2 is 1.97 bits per heavy atom. The van der Waals surface area contributed by atoms with Gasteiger partial charge in [0.1, 0.15) is 30.0 Å². The molecule has 0 unspecified atom stereocenters. The molecule has 4 aliphatic carbocycles. The van der Waals surface area contributed by atoms with E-state index in [-0.39, 0.29) is 48.8 Å². The summed E-state index contributed by atoms with van der Waals surface area (Å²) in [7, 11) is 0. The van der Waals surface area contributed by atoms with Crippen molar-refractivity contribution < 1.29 is 33.6 Å². The molecule has 200 valence electrons. The highest BCUT2D eigenvalue weighted by molar-refractivity contribution is 5.90. The van der Waals surface area contributed by atoms with Gasteiger partial charge in [0.2, 0.25) is 0 Å². The summed E-state index contributed by atoms with van der Waals surface area (Å²) in [5.41, 5.74) is -1.80. The van der Waals surface area contributed by atoms with E-state index in [0.29, 0.717) is 24.9 Å². The van der Waals surface area contributed by atoms with Crippen LogP contribution in [0.1, 0.15) is 66.7 Å². The molecule has 0 amide bonds. The molecule has 6 rings (SSSR count). The minimum atomic E-state index is -1.22. The molecule has 12 atom stereocenters. The third-order valence-corrected chi connectivity index (χ3v) is 11.1. The lowest BCUT2D eigenvalue weighted by Gasteiger charge is -2.58. The zero-order valence-corrected chi connectivity index (χ0v) is 22.3. The Hall–Kier alpha value is -1.28. The van der Waals surface area contributed by atoms with Gasteiger partial charge in [-0.15, -0.1) is 0 Å². The molecule has 0 aromatic heterocycles. The van der Waals surface area contributed by atoms with Crippen LogP contribution in [0.25, 0.3) is 0 Å². The first-order valence-electron chi connectivity index (χ1n) is 14.1. The van der Waals surface area contributed by atoms with E-state index in [1.165, 1.54) is 0 Å². The minimum absolute atomic E-state index is 0.0200. The largest absolute Gasteiger partial charge is 0.481 e. The van der Waals surface area contributed by atoms with Crippen LogP contribution < -0.4 is 0 Å². The van der Waals surface area contributed by atoms with Crippen LogP contribution in [0, 0.1) is 45.8 Å². The SMILES string of the molecule is CCCO[C@H]1[C@@H]2O[C@@H]2[C@H](OC[C@@]23C[C@@H]4[C@H](C)CC[C@H]4[C@@]4(C=O)C[C@H]2C=C(C(C)C)[C@@]34C(=O)O)O[C@@H]1C. The number of allylic oxidation sites excluding steroid dienone is 1. The summed E-state index contributed by atoms with van der Waals surface area (Å²) in [5, 5.41) is 11.1. The molecule has 36 heavy (non-hydrogen) atoms. The van der Waals surface area contributed by atoms with Crippen LogP contribution in [0.15, 0.2) is 11.6 Å². The van der Waals surface area contributed by atoms with Crippen LogP contribution in [0.2, 0.25) is 0 Å². The fourth-order valence-electron chi connectivity index (χ4n) is 9.74. The number of carbonyl (C=O) groups is 2. The quantitative estimate of drug-likeness (QED) is 0.286. The maximum Gasteiger partial charge on any atom is 0.315 e. The van der Waals surface area contributed by atoms with Gasteiger partial charge in [-0.2, -0.15) is 0 Å². The van der Waals surface area contributed by atoms with Gasteiger partial charge in [-0.3, -0.25) is 4.79 Å². The van der Waals surface area contributed by atoms with Crippen molar-refractivity contribution in [2.24, 2.45) is 45.8 Å². The summed E-state index contributed by atoms with van der Waals surface area (Å²) < 4.78 is 24.8. The number of epoxide rings is 1. The minimum Gasteiger partial charge on any atom is -0.481 e. The van der Waals surface area contributed by atoms with Gasteiger partial charge in [0, 0.05) is 12.0 Å². The summed E-state index contributed by atoms with van der Waals surface area (Å²) in [6.45, 7) is 11.4. The van der Waals surface area contributed by atoms with Crippen LogP contribution in [0.3, 0.4) is 0 Å². The molecule has 0 spiro atoms. The summed E-state index contributed by atoms with van der Waals surface area (Å²) in [6.07, 6.45) is 6.58. The van der Waals surface area contributed by atoms with Gasteiger partial charge in [0.15, 0.2) is 6.29 Å². The van der Waals surface area contributed by atoms with E-state index < -0.39 is 28.5 Å². The zero-order valence-electron chi connectivity index (χ0n) is 22.3. The van der Waals surface area contributed by atoms with E-state index in [2.05, 4.69) is 33.8 Å². The van der Waals surface area contributed by atoms with Crippen LogP contribution >= 0.6 is 0 Å². The predicted octanol–water partition coefficient (Wildman–Crippen LogP) is 4.24. The lowest BCUT2D eigenvalue weighted by Crippen LogP contribution is -2.64. The Morgan fingerprint density at radius 1 is 1.19 bits per heavy atom. The van der Waals surface area contributed by atoms with Crippen molar-refractivity contribution in [2.75, 3.05) is 13.2 Å². The first kappa shape index (κ1) is 25.0. The fourth-order valence-corrected chi connectivity index (χ4v) is 9.74. The van der Waals surface area contributed by atoms with Gasteiger partial charge in [-0.05, 0) is 62.2 Å². The Morgan fingerprint density at radius 3 is 2.64 bits per heavy atom. The first-order valence-corrected chi connectivity index (χ1v) is 14.1. The molecule has 2 saturated heterocycles. The van der Waals surface area contributed by atoms with Crippen molar-refractivity contribution in [1.29, 1.82) is 0 Å². The van der Waals surface area contributed by atoms with E-state index >= 15 is 0 Å². The standard InChI is InChI=1S/C29H42O7/c1-6-9-33-22-17(5)35-25(24-23(22)36-24)34-14-28-12-19-16(4)7-8-20(19)27(13-30)11-18(28)10-21(15(2)3)29(27,28)26(31)32/h10,13,15-20,22-25H,6-9,11-12,14H2,1-5H3,(H,31,32)/t16-,17-,18-,19-,20-,22-,23+,24+,25-,27+,28+,29+/m1/s1. The maximum atomic E-state index is 13.5. The monoisotopic (exact) mass is 502 g/mol. The Labute approximate surface area is 214 Å². The lowest BCUT2D eigenvalue weighted by atomic mass is 9.43. The van der Waals surface area contributed by atoms with E-state index in [9.17, 15) is 14.7 Å². The second-order valence-electron chi connectivity index (χ2n) is 12.9. The molecule has 0 aromatic rings. The number of aliphatic carboxylic acids is 1. The number of hydrogen-bond donors (Lipinski definition) is 1. The van der Waals surface area contributed by atoms with Crippen molar-refractivity contribution in [3.05, 3.63) is 11.6 Å². The van der Waals surface area contributed by atoms with Crippen LogP contribution in [0.5, 0.6) is 0 Å². The van der Waals surface area contributed by atoms with Gasteiger partial charge in [-0.25, -0.2) is 0 Å². The summed E-state index contributed by atoms with van der Waals surface area (Å²) in [4.78, 5) is 26.7. The molecule has 3 saturated carbocycles. The highest BCUT2D eigenvalue weighted by Gasteiger charge is 2.84. The molecule has 2 heterocycles. The topological polar surface area (TPSA) is 94.6 Å². The third-order valence-electron chi connectivity index (χ3n) is 11.1. The molecule has 6 aliphatic rings. The number of carbonyl (C=O) groups excluding carboxylic acids is 1. The average Bonchev–Trinajstić information content (AvgIpc) is 3.44. The van der Waals surface area contributed by atoms with Crippen LogP contribution in [-0.2, 0) is 28.5 Å². The summed E-state index contributed by atoms with van der Waals surface area (Å²) in [5.74, 6) is 0.186. The number of aldehydes is 1. The van der Waals surface area contributed by atoms with E-state index in [0.717, 1.165) is 37.5 Å². The van der Waals surface area contributed by atoms with Gasteiger partial charge in [0.05, 0.1) is 18.1 Å². The van der Waals surface area contributed by atoms with E-state index in [1.807, 2.05) is 6.92 Å². The molecule has 2 aliphatic heterocycles. The van der Waals surface area contributed by atoms with Crippen LogP contribution in [-0.4, -0.2) is 61.3 Å². The Balaban J connectivity index is 1.34. The highest BCUT2D eigenvalue weighted by Crippen LogP contribution is 2.82. The predicted molar refractivity (Wildman–Crippen MR) is 131 cm³/mol. The molecule has 5 fully saturated rings. The van der Waals surface area contributed by atoms with Crippen LogP contribution in [0.4, 0.5) is 0 Å². The number of ether oxygens (including phenoxy) is 4. The van der Waals surface area contributed by atoms with Crippen molar-refractivity contribution in [3.8, 4) is 0 Å². The van der Waals surface area contributed by atoms with Crippen molar-refractivity contribution in [2.45, 2.75) is 97.4 Å².